The van der Waals surface area contributed by atoms with Crippen molar-refractivity contribution in [1.82, 2.24) is 19.8 Å². The molecule has 29 heavy (non-hydrogen) atoms. The fraction of sp³-hybridized carbons (Fsp3) is 0.455. The third kappa shape index (κ3) is 4.09. The van der Waals surface area contributed by atoms with E-state index < -0.39 is 0 Å². The summed E-state index contributed by atoms with van der Waals surface area (Å²) in [5.74, 6) is 1.90. The summed E-state index contributed by atoms with van der Waals surface area (Å²) in [4.78, 5) is 37.5. The number of benzene rings is 1. The quantitative estimate of drug-likeness (QED) is 0.792. The highest BCUT2D eigenvalue weighted by Gasteiger charge is 2.30. The minimum Gasteiger partial charge on any atom is -0.496 e. The summed E-state index contributed by atoms with van der Waals surface area (Å²) in [5, 5.41) is 0. The summed E-state index contributed by atoms with van der Waals surface area (Å²) < 4.78 is 5.36. The van der Waals surface area contributed by atoms with E-state index in [9.17, 15) is 9.59 Å². The highest BCUT2D eigenvalue weighted by atomic mass is 16.5. The molecule has 2 aromatic rings. The van der Waals surface area contributed by atoms with Crippen molar-refractivity contribution in [1.29, 1.82) is 0 Å². The van der Waals surface area contributed by atoms with E-state index in [0.717, 1.165) is 47.8 Å². The first kappa shape index (κ1) is 19.4. The molecule has 1 aromatic heterocycles. The monoisotopic (exact) mass is 394 g/mol. The van der Waals surface area contributed by atoms with Crippen LogP contribution in [-0.2, 0) is 29.0 Å². The lowest BCUT2D eigenvalue weighted by Gasteiger charge is -2.27. The van der Waals surface area contributed by atoms with E-state index in [0.29, 0.717) is 26.1 Å². The van der Waals surface area contributed by atoms with E-state index in [1.54, 1.807) is 14.0 Å². The maximum Gasteiger partial charge on any atom is 0.227 e. The molecule has 1 unspecified atom stereocenters. The Hall–Kier alpha value is -2.96. The van der Waals surface area contributed by atoms with Gasteiger partial charge in [-0.05, 0) is 12.5 Å². The molecule has 0 radical (unpaired) electrons. The standard InChI is InChI=1S/C22H26N4O3/c1-15(27)25-10-8-19-18(14-25)12-23-22(24-19)17-7-9-26(13-17)21(28)11-16-5-3-4-6-20(16)29-2/h3-6,12,17H,7-11,13-14H2,1-2H3. The van der Waals surface area contributed by atoms with Crippen molar-refractivity contribution in [3.63, 3.8) is 0 Å². The second-order valence-electron chi connectivity index (χ2n) is 7.70. The molecule has 2 aliphatic heterocycles. The Kier molecular flexibility index (Phi) is 5.47. The summed E-state index contributed by atoms with van der Waals surface area (Å²) in [6.07, 6.45) is 3.82. The molecule has 4 rings (SSSR count). The van der Waals surface area contributed by atoms with Crippen molar-refractivity contribution in [2.24, 2.45) is 0 Å². The van der Waals surface area contributed by atoms with Gasteiger partial charge in [-0.3, -0.25) is 9.59 Å². The Morgan fingerprint density at radius 3 is 2.83 bits per heavy atom. The summed E-state index contributed by atoms with van der Waals surface area (Å²) >= 11 is 0. The normalized spacial score (nSPS) is 18.5. The van der Waals surface area contributed by atoms with E-state index in [4.69, 9.17) is 9.72 Å². The van der Waals surface area contributed by atoms with Crippen LogP contribution >= 0.6 is 0 Å². The lowest BCUT2D eigenvalue weighted by Crippen LogP contribution is -2.35. The van der Waals surface area contributed by atoms with E-state index in [-0.39, 0.29) is 17.7 Å². The van der Waals surface area contributed by atoms with Crippen molar-refractivity contribution in [2.45, 2.75) is 38.6 Å². The number of hydrogen-bond acceptors (Lipinski definition) is 5. The molecule has 1 fully saturated rings. The van der Waals surface area contributed by atoms with Crippen molar-refractivity contribution >= 4 is 11.8 Å². The molecule has 1 saturated heterocycles. The smallest absolute Gasteiger partial charge is 0.227 e. The zero-order chi connectivity index (χ0) is 20.4. The Balaban J connectivity index is 1.41. The van der Waals surface area contributed by atoms with Crippen molar-refractivity contribution in [2.75, 3.05) is 26.7 Å². The number of rotatable bonds is 4. The van der Waals surface area contributed by atoms with Gasteiger partial charge in [0, 0.05) is 62.8 Å². The molecule has 2 aliphatic rings. The summed E-state index contributed by atoms with van der Waals surface area (Å²) in [6.45, 7) is 4.24. The topological polar surface area (TPSA) is 75.6 Å². The van der Waals surface area contributed by atoms with Crippen LogP contribution in [0.15, 0.2) is 30.5 Å². The predicted molar refractivity (Wildman–Crippen MR) is 107 cm³/mol. The second-order valence-corrected chi connectivity index (χ2v) is 7.70. The average Bonchev–Trinajstić information content (AvgIpc) is 3.24. The molecule has 0 spiro atoms. The Bertz CT molecular complexity index is 930. The van der Waals surface area contributed by atoms with Gasteiger partial charge in [-0.15, -0.1) is 0 Å². The van der Waals surface area contributed by atoms with Crippen LogP contribution in [0, 0.1) is 0 Å². The predicted octanol–water partition coefficient (Wildman–Crippen LogP) is 1.95. The highest BCUT2D eigenvalue weighted by Crippen LogP contribution is 2.28. The van der Waals surface area contributed by atoms with Gasteiger partial charge in [-0.25, -0.2) is 9.97 Å². The maximum absolute atomic E-state index is 12.8. The number of carbonyl (C=O) groups excluding carboxylic acids is 2. The summed E-state index contributed by atoms with van der Waals surface area (Å²) in [7, 11) is 1.62. The Labute approximate surface area is 170 Å². The molecule has 3 heterocycles. The number of methoxy groups -OCH3 is 1. The van der Waals surface area contributed by atoms with Crippen LogP contribution in [0.4, 0.5) is 0 Å². The highest BCUT2D eigenvalue weighted by molar-refractivity contribution is 5.80. The van der Waals surface area contributed by atoms with Gasteiger partial charge in [0.25, 0.3) is 0 Å². The molecule has 7 nitrogen and oxygen atoms in total. The molecule has 0 aliphatic carbocycles. The van der Waals surface area contributed by atoms with Gasteiger partial charge < -0.3 is 14.5 Å². The summed E-state index contributed by atoms with van der Waals surface area (Å²) in [6, 6.07) is 7.64. The van der Waals surface area contributed by atoms with Crippen molar-refractivity contribution < 1.29 is 14.3 Å². The Morgan fingerprint density at radius 1 is 1.21 bits per heavy atom. The van der Waals surface area contributed by atoms with Crippen LogP contribution in [0.25, 0.3) is 0 Å². The largest absolute Gasteiger partial charge is 0.496 e. The fourth-order valence-electron chi connectivity index (χ4n) is 4.12. The molecular formula is C22H26N4O3. The SMILES string of the molecule is COc1ccccc1CC(=O)N1CCC(c2ncc3c(n2)CCN(C(C)=O)C3)C1. The number of para-hydroxylation sites is 1. The first-order chi connectivity index (χ1) is 14.0. The van der Waals surface area contributed by atoms with Crippen LogP contribution in [0.3, 0.4) is 0 Å². The number of carbonyl (C=O) groups is 2. The lowest BCUT2D eigenvalue weighted by atomic mass is 10.0. The van der Waals surface area contributed by atoms with Crippen molar-refractivity contribution in [3.8, 4) is 5.75 Å². The van der Waals surface area contributed by atoms with Crippen molar-refractivity contribution in [3.05, 3.63) is 53.1 Å². The minimum absolute atomic E-state index is 0.0831. The van der Waals surface area contributed by atoms with Crippen LogP contribution in [-0.4, -0.2) is 58.3 Å². The summed E-state index contributed by atoms with van der Waals surface area (Å²) in [5.41, 5.74) is 2.96. The maximum atomic E-state index is 12.8. The first-order valence-corrected chi connectivity index (χ1v) is 10.0. The number of likely N-dealkylation sites (tertiary alicyclic amines) is 1. The van der Waals surface area contributed by atoms with Gasteiger partial charge in [0.2, 0.25) is 11.8 Å². The van der Waals surface area contributed by atoms with E-state index in [1.165, 1.54) is 0 Å². The lowest BCUT2D eigenvalue weighted by molar-refractivity contribution is -0.130. The average molecular weight is 394 g/mol. The number of aromatic nitrogens is 2. The second kappa shape index (κ2) is 8.19. The molecule has 0 saturated carbocycles. The number of fused-ring (bicyclic) bond motifs is 1. The van der Waals surface area contributed by atoms with Crippen LogP contribution in [0.2, 0.25) is 0 Å². The molecule has 0 bridgehead atoms. The number of ether oxygens (including phenoxy) is 1. The molecule has 7 heteroatoms. The van der Waals surface area contributed by atoms with E-state index in [1.807, 2.05) is 40.3 Å². The third-order valence-electron chi connectivity index (χ3n) is 5.84. The van der Waals surface area contributed by atoms with Gasteiger partial charge in [-0.2, -0.15) is 0 Å². The zero-order valence-electron chi connectivity index (χ0n) is 16.9. The molecule has 2 amide bonds. The zero-order valence-corrected chi connectivity index (χ0v) is 16.9. The molecule has 0 N–H and O–H groups in total. The molecule has 1 aromatic carbocycles. The van der Waals surface area contributed by atoms with E-state index >= 15 is 0 Å². The third-order valence-corrected chi connectivity index (χ3v) is 5.84. The number of hydrogen-bond donors (Lipinski definition) is 0. The molecule has 1 atom stereocenters. The Morgan fingerprint density at radius 2 is 2.03 bits per heavy atom. The van der Waals surface area contributed by atoms with Gasteiger partial charge in [0.15, 0.2) is 0 Å². The van der Waals surface area contributed by atoms with Crippen LogP contribution in [0.1, 0.15) is 41.9 Å². The molecular weight excluding hydrogens is 368 g/mol. The molecule has 152 valence electrons. The number of amides is 2. The van der Waals surface area contributed by atoms with Crippen LogP contribution in [0.5, 0.6) is 5.75 Å². The number of nitrogens with zero attached hydrogens (tertiary/aromatic N) is 4. The first-order valence-electron chi connectivity index (χ1n) is 10.0. The van der Waals surface area contributed by atoms with Gasteiger partial charge in [-0.1, -0.05) is 18.2 Å². The minimum atomic E-state index is 0.0831. The van der Waals surface area contributed by atoms with Crippen LogP contribution < -0.4 is 4.74 Å². The van der Waals surface area contributed by atoms with Gasteiger partial charge >= 0.3 is 0 Å². The fourth-order valence-corrected chi connectivity index (χ4v) is 4.12. The van der Waals surface area contributed by atoms with Gasteiger partial charge in [0.05, 0.1) is 19.2 Å². The van der Waals surface area contributed by atoms with E-state index in [2.05, 4.69) is 4.98 Å². The van der Waals surface area contributed by atoms with Gasteiger partial charge in [0.1, 0.15) is 11.6 Å².